The Morgan fingerprint density at radius 1 is 1.91 bits per heavy atom. The zero-order valence-electron chi connectivity index (χ0n) is 6.04. The lowest BCUT2D eigenvalue weighted by Gasteiger charge is -1.90. The molecule has 0 saturated carbocycles. The van der Waals surface area contributed by atoms with Gasteiger partial charge in [-0.3, -0.25) is 0 Å². The average molecular weight is 187 g/mol. The summed E-state index contributed by atoms with van der Waals surface area (Å²) >= 11 is 7.32. The minimum absolute atomic E-state index is 0.402. The second-order valence-corrected chi connectivity index (χ2v) is 3.28. The smallest absolute Gasteiger partial charge is 0.155 e. The van der Waals surface area contributed by atoms with Crippen molar-refractivity contribution in [3.8, 4) is 0 Å². The Morgan fingerprint density at radius 3 is 3.09 bits per heavy atom. The SMILES string of the molecule is C=C/N=C(/Cl)c1ncsc1C. The number of halogens is 1. The van der Waals surface area contributed by atoms with Gasteiger partial charge in [-0.1, -0.05) is 18.2 Å². The highest BCUT2D eigenvalue weighted by molar-refractivity contribution is 7.10. The molecular formula is C7H7ClN2S. The fourth-order valence-corrected chi connectivity index (χ4v) is 1.54. The molecule has 0 saturated heterocycles. The van der Waals surface area contributed by atoms with Crippen molar-refractivity contribution in [1.29, 1.82) is 0 Å². The second kappa shape index (κ2) is 3.64. The third-order valence-electron chi connectivity index (χ3n) is 1.14. The van der Waals surface area contributed by atoms with Crippen LogP contribution in [0.5, 0.6) is 0 Å². The predicted molar refractivity (Wildman–Crippen MR) is 49.4 cm³/mol. The summed E-state index contributed by atoms with van der Waals surface area (Å²) in [6.07, 6.45) is 1.40. The van der Waals surface area contributed by atoms with Crippen molar-refractivity contribution in [2.45, 2.75) is 6.92 Å². The summed E-state index contributed by atoms with van der Waals surface area (Å²) in [5, 5.41) is 0.402. The van der Waals surface area contributed by atoms with Crippen LogP contribution in [0.25, 0.3) is 0 Å². The topological polar surface area (TPSA) is 25.2 Å². The van der Waals surface area contributed by atoms with E-state index in [2.05, 4.69) is 16.6 Å². The molecular weight excluding hydrogens is 180 g/mol. The van der Waals surface area contributed by atoms with Crippen molar-refractivity contribution < 1.29 is 0 Å². The first-order valence-corrected chi connectivity index (χ1v) is 4.26. The van der Waals surface area contributed by atoms with Crippen LogP contribution in [0.4, 0.5) is 0 Å². The van der Waals surface area contributed by atoms with Gasteiger partial charge in [-0.15, -0.1) is 11.3 Å². The third-order valence-corrected chi connectivity index (χ3v) is 2.18. The van der Waals surface area contributed by atoms with Gasteiger partial charge in [0.1, 0.15) is 5.69 Å². The van der Waals surface area contributed by atoms with Gasteiger partial charge in [0.25, 0.3) is 0 Å². The first kappa shape index (κ1) is 8.43. The van der Waals surface area contributed by atoms with Crippen molar-refractivity contribution >= 4 is 28.1 Å². The number of hydrogen-bond donors (Lipinski definition) is 0. The number of aryl methyl sites for hydroxylation is 1. The Bertz CT molecular complexity index is 290. The number of aromatic nitrogens is 1. The van der Waals surface area contributed by atoms with E-state index in [1.54, 1.807) is 16.8 Å². The standard InChI is InChI=1S/C7H7ClN2S/c1-3-9-7(8)6-5(2)11-4-10-6/h3-4H,1H2,2H3/b9-7+. The van der Waals surface area contributed by atoms with Gasteiger partial charge in [0, 0.05) is 11.1 Å². The molecule has 0 aliphatic carbocycles. The van der Waals surface area contributed by atoms with E-state index in [9.17, 15) is 0 Å². The van der Waals surface area contributed by atoms with Crippen LogP contribution in [-0.2, 0) is 0 Å². The van der Waals surface area contributed by atoms with Gasteiger partial charge in [0.05, 0.1) is 5.51 Å². The Hall–Kier alpha value is -0.670. The molecule has 0 aliphatic rings. The molecule has 58 valence electrons. The minimum Gasteiger partial charge on any atom is -0.243 e. The zero-order valence-corrected chi connectivity index (χ0v) is 7.61. The van der Waals surface area contributed by atoms with Crippen LogP contribution in [0.1, 0.15) is 10.6 Å². The first-order chi connectivity index (χ1) is 5.25. The van der Waals surface area contributed by atoms with E-state index in [1.165, 1.54) is 6.20 Å². The van der Waals surface area contributed by atoms with Crippen LogP contribution >= 0.6 is 22.9 Å². The maximum Gasteiger partial charge on any atom is 0.155 e. The number of thiazole rings is 1. The first-order valence-electron chi connectivity index (χ1n) is 3.00. The van der Waals surface area contributed by atoms with E-state index < -0.39 is 0 Å². The molecule has 4 heteroatoms. The van der Waals surface area contributed by atoms with Crippen molar-refractivity contribution in [3.05, 3.63) is 28.9 Å². The second-order valence-electron chi connectivity index (χ2n) is 1.86. The average Bonchev–Trinajstić information content (AvgIpc) is 2.36. The van der Waals surface area contributed by atoms with Gasteiger partial charge in [-0.05, 0) is 6.92 Å². The number of aliphatic imine (C=N–C) groups is 1. The summed E-state index contributed by atoms with van der Waals surface area (Å²) in [5.74, 6) is 0. The molecule has 0 amide bonds. The van der Waals surface area contributed by atoms with E-state index in [1.807, 2.05) is 6.92 Å². The molecule has 0 spiro atoms. The summed E-state index contributed by atoms with van der Waals surface area (Å²) in [6, 6.07) is 0. The van der Waals surface area contributed by atoms with Crippen molar-refractivity contribution in [2.24, 2.45) is 4.99 Å². The highest BCUT2D eigenvalue weighted by atomic mass is 35.5. The number of rotatable bonds is 2. The molecule has 11 heavy (non-hydrogen) atoms. The van der Waals surface area contributed by atoms with Crippen LogP contribution in [-0.4, -0.2) is 10.2 Å². The summed E-state index contributed by atoms with van der Waals surface area (Å²) in [5.41, 5.74) is 2.49. The molecule has 0 fully saturated rings. The fraction of sp³-hybridized carbons (Fsp3) is 0.143. The molecule has 1 heterocycles. The maximum atomic E-state index is 5.78. The Labute approximate surface area is 74.3 Å². The van der Waals surface area contributed by atoms with Crippen molar-refractivity contribution in [1.82, 2.24) is 4.98 Å². The van der Waals surface area contributed by atoms with E-state index >= 15 is 0 Å². The highest BCUT2D eigenvalue weighted by Gasteiger charge is 2.05. The predicted octanol–water partition coefficient (Wildman–Crippen LogP) is 2.58. The molecule has 0 unspecified atom stereocenters. The van der Waals surface area contributed by atoms with Gasteiger partial charge in [-0.2, -0.15) is 0 Å². The summed E-state index contributed by atoms with van der Waals surface area (Å²) in [7, 11) is 0. The number of hydrogen-bond acceptors (Lipinski definition) is 3. The van der Waals surface area contributed by atoms with Gasteiger partial charge in [0.2, 0.25) is 0 Å². The lowest BCUT2D eigenvalue weighted by molar-refractivity contribution is 1.34. The molecule has 0 atom stereocenters. The zero-order chi connectivity index (χ0) is 8.27. The third kappa shape index (κ3) is 1.88. The summed E-state index contributed by atoms with van der Waals surface area (Å²) in [6.45, 7) is 5.40. The molecule has 0 aromatic carbocycles. The van der Waals surface area contributed by atoms with E-state index in [-0.39, 0.29) is 0 Å². The van der Waals surface area contributed by atoms with Crippen LogP contribution in [0, 0.1) is 6.92 Å². The Morgan fingerprint density at radius 2 is 2.64 bits per heavy atom. The quantitative estimate of drug-likeness (QED) is 0.652. The van der Waals surface area contributed by atoms with E-state index in [4.69, 9.17) is 11.6 Å². The molecule has 0 aliphatic heterocycles. The molecule has 2 nitrogen and oxygen atoms in total. The van der Waals surface area contributed by atoms with Gasteiger partial charge in [-0.25, -0.2) is 9.98 Å². The normalized spacial score (nSPS) is 11.6. The summed E-state index contributed by atoms with van der Waals surface area (Å²) in [4.78, 5) is 8.93. The summed E-state index contributed by atoms with van der Waals surface area (Å²) < 4.78 is 0. The van der Waals surface area contributed by atoms with E-state index in [0.29, 0.717) is 5.17 Å². The number of nitrogens with zero attached hydrogens (tertiary/aromatic N) is 2. The van der Waals surface area contributed by atoms with Crippen LogP contribution in [0.15, 0.2) is 23.3 Å². The van der Waals surface area contributed by atoms with Crippen LogP contribution in [0.3, 0.4) is 0 Å². The molecule has 1 rings (SSSR count). The van der Waals surface area contributed by atoms with Gasteiger partial charge >= 0.3 is 0 Å². The molecule has 1 aromatic heterocycles. The monoisotopic (exact) mass is 186 g/mol. The molecule has 0 radical (unpaired) electrons. The Balaban J connectivity index is 3.01. The lowest BCUT2D eigenvalue weighted by atomic mass is 10.4. The maximum absolute atomic E-state index is 5.78. The van der Waals surface area contributed by atoms with Gasteiger partial charge < -0.3 is 0 Å². The Kier molecular flexibility index (Phi) is 2.79. The fourth-order valence-electron chi connectivity index (χ4n) is 0.645. The van der Waals surface area contributed by atoms with Crippen LogP contribution < -0.4 is 0 Å². The van der Waals surface area contributed by atoms with Crippen molar-refractivity contribution in [3.63, 3.8) is 0 Å². The molecule has 1 aromatic rings. The van der Waals surface area contributed by atoms with Gasteiger partial charge in [0.15, 0.2) is 5.17 Å². The largest absolute Gasteiger partial charge is 0.243 e. The van der Waals surface area contributed by atoms with Crippen molar-refractivity contribution in [2.75, 3.05) is 0 Å². The molecule has 0 N–H and O–H groups in total. The lowest BCUT2D eigenvalue weighted by Crippen LogP contribution is -1.92. The van der Waals surface area contributed by atoms with Crippen LogP contribution in [0.2, 0.25) is 0 Å². The highest BCUT2D eigenvalue weighted by Crippen LogP contribution is 2.13. The molecule has 0 bridgehead atoms. The van der Waals surface area contributed by atoms with E-state index in [0.717, 1.165) is 10.6 Å². The minimum atomic E-state index is 0.402.